The van der Waals surface area contributed by atoms with Crippen molar-refractivity contribution in [2.45, 2.75) is 51.7 Å². The van der Waals surface area contributed by atoms with Crippen LogP contribution < -0.4 is 20.5 Å². The second kappa shape index (κ2) is 8.51. The minimum atomic E-state index is 0.287. The number of nitrogens with zero attached hydrogens (tertiary/aromatic N) is 1. The molecule has 122 valence electrons. The van der Waals surface area contributed by atoms with E-state index in [4.69, 9.17) is 15.2 Å². The lowest BCUT2D eigenvalue weighted by atomic mass is 10.1. The molecule has 2 rings (SSSR count). The van der Waals surface area contributed by atoms with E-state index in [2.05, 4.69) is 17.2 Å². The first-order chi connectivity index (χ1) is 10.7. The van der Waals surface area contributed by atoms with Gasteiger partial charge >= 0.3 is 0 Å². The van der Waals surface area contributed by atoms with Crippen LogP contribution in [0.15, 0.2) is 23.2 Å². The van der Waals surface area contributed by atoms with E-state index >= 15 is 0 Å². The maximum Gasteiger partial charge on any atom is 0.188 e. The Morgan fingerprint density at radius 1 is 1.36 bits per heavy atom. The van der Waals surface area contributed by atoms with Crippen LogP contribution in [0.2, 0.25) is 0 Å². The van der Waals surface area contributed by atoms with Crippen molar-refractivity contribution in [3.05, 3.63) is 23.8 Å². The Balaban J connectivity index is 2.11. The summed E-state index contributed by atoms with van der Waals surface area (Å²) in [5, 5.41) is 3.08. The third-order valence-corrected chi connectivity index (χ3v) is 3.84. The molecule has 5 heteroatoms. The van der Waals surface area contributed by atoms with Crippen LogP contribution in [0.5, 0.6) is 11.5 Å². The molecule has 0 heterocycles. The van der Waals surface area contributed by atoms with Gasteiger partial charge < -0.3 is 20.5 Å². The highest BCUT2D eigenvalue weighted by Gasteiger charge is 2.20. The minimum Gasteiger partial charge on any atom is -0.493 e. The molecule has 0 amide bonds. The fourth-order valence-corrected chi connectivity index (χ4v) is 2.63. The van der Waals surface area contributed by atoms with Gasteiger partial charge in [-0.15, -0.1) is 0 Å². The minimum absolute atomic E-state index is 0.287. The van der Waals surface area contributed by atoms with Gasteiger partial charge in [0, 0.05) is 12.1 Å². The second-order valence-electron chi connectivity index (χ2n) is 5.60. The zero-order chi connectivity index (χ0) is 15.8. The van der Waals surface area contributed by atoms with E-state index in [0.29, 0.717) is 12.5 Å². The number of hydrogen-bond acceptors (Lipinski definition) is 3. The predicted octanol–water partition coefficient (Wildman–Crippen LogP) is 2.83. The summed E-state index contributed by atoms with van der Waals surface area (Å²) in [5.74, 6) is 2.04. The van der Waals surface area contributed by atoms with Crippen molar-refractivity contribution in [3.8, 4) is 11.5 Å². The van der Waals surface area contributed by atoms with E-state index in [1.165, 1.54) is 12.8 Å². The van der Waals surface area contributed by atoms with Gasteiger partial charge in [-0.3, -0.25) is 0 Å². The fraction of sp³-hybridized carbons (Fsp3) is 0.588. The van der Waals surface area contributed by atoms with Crippen molar-refractivity contribution < 1.29 is 9.47 Å². The molecular weight excluding hydrogens is 278 g/mol. The number of nitrogens with one attached hydrogen (secondary N) is 1. The van der Waals surface area contributed by atoms with Crippen LogP contribution in [-0.4, -0.2) is 25.7 Å². The molecule has 1 aliphatic carbocycles. The summed E-state index contributed by atoms with van der Waals surface area (Å²) < 4.78 is 11.6. The van der Waals surface area contributed by atoms with Crippen LogP contribution in [0.1, 0.15) is 44.6 Å². The molecule has 0 unspecified atom stereocenters. The molecule has 1 aromatic rings. The summed E-state index contributed by atoms with van der Waals surface area (Å²) in [6.45, 7) is 3.41. The molecule has 0 aromatic heterocycles. The fourth-order valence-electron chi connectivity index (χ4n) is 2.63. The number of hydrogen-bond donors (Lipinski definition) is 2. The maximum absolute atomic E-state index is 6.19. The second-order valence-corrected chi connectivity index (χ2v) is 5.60. The summed E-state index contributed by atoms with van der Waals surface area (Å²) in [7, 11) is 1.67. The largest absolute Gasteiger partial charge is 0.493 e. The van der Waals surface area contributed by atoms with E-state index in [-0.39, 0.29) is 6.10 Å². The summed E-state index contributed by atoms with van der Waals surface area (Å²) in [5.41, 5.74) is 6.87. The third kappa shape index (κ3) is 4.55. The summed E-state index contributed by atoms with van der Waals surface area (Å²) >= 11 is 0. The Morgan fingerprint density at radius 2 is 2.14 bits per heavy atom. The molecule has 0 aliphatic heterocycles. The Bertz CT molecular complexity index is 497. The topological polar surface area (TPSA) is 68.9 Å². The Hall–Kier alpha value is -1.91. The molecule has 0 bridgehead atoms. The molecule has 1 aliphatic rings. The summed E-state index contributed by atoms with van der Waals surface area (Å²) in [6.07, 6.45) is 6.00. The molecule has 1 aromatic carbocycles. The molecule has 1 saturated carbocycles. The molecule has 0 atom stereocenters. The number of nitrogens with two attached hydrogens (primary N) is 1. The molecule has 22 heavy (non-hydrogen) atoms. The molecule has 0 saturated heterocycles. The van der Waals surface area contributed by atoms with Gasteiger partial charge in [-0.05, 0) is 38.2 Å². The summed E-state index contributed by atoms with van der Waals surface area (Å²) in [4.78, 5) is 4.39. The summed E-state index contributed by atoms with van der Waals surface area (Å²) in [6, 6.07) is 5.90. The first-order valence-electron chi connectivity index (χ1n) is 8.11. The quantitative estimate of drug-likeness (QED) is 0.600. The standard InChI is InChI=1S/C17H27N3O2/c1-3-11-19-17(18)20-12-13-7-6-10-15(21-2)16(13)22-14-8-4-5-9-14/h6-7,10,14H,3-5,8-9,11-12H2,1-2H3,(H3,18,19,20). The highest BCUT2D eigenvalue weighted by atomic mass is 16.5. The average molecular weight is 305 g/mol. The molecular formula is C17H27N3O2. The Morgan fingerprint density at radius 3 is 2.82 bits per heavy atom. The monoisotopic (exact) mass is 305 g/mol. The lowest BCUT2D eigenvalue weighted by molar-refractivity contribution is 0.198. The van der Waals surface area contributed by atoms with Gasteiger partial charge in [0.25, 0.3) is 0 Å². The van der Waals surface area contributed by atoms with Crippen molar-refractivity contribution in [1.29, 1.82) is 0 Å². The normalized spacial score (nSPS) is 15.8. The number of aliphatic imine (C=N–C) groups is 1. The maximum atomic E-state index is 6.19. The van der Waals surface area contributed by atoms with Gasteiger partial charge in [0.05, 0.1) is 19.8 Å². The van der Waals surface area contributed by atoms with E-state index < -0.39 is 0 Å². The highest BCUT2D eigenvalue weighted by molar-refractivity contribution is 5.77. The van der Waals surface area contributed by atoms with Crippen molar-refractivity contribution in [2.75, 3.05) is 13.7 Å². The number of ether oxygens (including phenoxy) is 2. The third-order valence-electron chi connectivity index (χ3n) is 3.84. The number of rotatable bonds is 7. The first-order valence-corrected chi connectivity index (χ1v) is 8.11. The van der Waals surface area contributed by atoms with Crippen LogP contribution in [0.4, 0.5) is 0 Å². The van der Waals surface area contributed by atoms with E-state index in [9.17, 15) is 0 Å². The van der Waals surface area contributed by atoms with Gasteiger partial charge in [-0.2, -0.15) is 0 Å². The molecule has 3 N–H and O–H groups in total. The van der Waals surface area contributed by atoms with Gasteiger partial charge in [0.15, 0.2) is 17.5 Å². The highest BCUT2D eigenvalue weighted by Crippen LogP contribution is 2.35. The van der Waals surface area contributed by atoms with Crippen LogP contribution in [0, 0.1) is 0 Å². The van der Waals surface area contributed by atoms with E-state index in [1.807, 2.05) is 18.2 Å². The van der Waals surface area contributed by atoms with Crippen molar-refractivity contribution >= 4 is 5.96 Å². The number of guanidine groups is 1. The Kier molecular flexibility index (Phi) is 6.37. The zero-order valence-corrected chi connectivity index (χ0v) is 13.6. The van der Waals surface area contributed by atoms with Crippen molar-refractivity contribution in [1.82, 2.24) is 5.32 Å². The van der Waals surface area contributed by atoms with Crippen molar-refractivity contribution in [2.24, 2.45) is 10.7 Å². The number of methoxy groups -OCH3 is 1. The smallest absolute Gasteiger partial charge is 0.188 e. The van der Waals surface area contributed by atoms with Crippen LogP contribution in [0.25, 0.3) is 0 Å². The first kappa shape index (κ1) is 16.5. The lowest BCUT2D eigenvalue weighted by Crippen LogP contribution is -2.32. The van der Waals surface area contributed by atoms with Gasteiger partial charge in [-0.1, -0.05) is 19.1 Å². The molecule has 0 spiro atoms. The van der Waals surface area contributed by atoms with E-state index in [1.54, 1.807) is 7.11 Å². The van der Waals surface area contributed by atoms with Gasteiger partial charge in [0.2, 0.25) is 0 Å². The lowest BCUT2D eigenvalue weighted by Gasteiger charge is -2.18. The van der Waals surface area contributed by atoms with Gasteiger partial charge in [-0.25, -0.2) is 4.99 Å². The van der Waals surface area contributed by atoms with Crippen LogP contribution >= 0.6 is 0 Å². The van der Waals surface area contributed by atoms with Crippen molar-refractivity contribution in [3.63, 3.8) is 0 Å². The molecule has 1 fully saturated rings. The molecule has 5 nitrogen and oxygen atoms in total. The van der Waals surface area contributed by atoms with Crippen LogP contribution in [-0.2, 0) is 6.54 Å². The predicted molar refractivity (Wildman–Crippen MR) is 89.5 cm³/mol. The SMILES string of the molecule is CCCNC(N)=NCc1cccc(OC)c1OC1CCCC1. The number of benzene rings is 1. The Labute approximate surface area is 132 Å². The zero-order valence-electron chi connectivity index (χ0n) is 13.6. The molecule has 0 radical (unpaired) electrons. The van der Waals surface area contributed by atoms with Crippen LogP contribution in [0.3, 0.4) is 0 Å². The van der Waals surface area contributed by atoms with E-state index in [0.717, 1.165) is 42.9 Å². The van der Waals surface area contributed by atoms with Gasteiger partial charge in [0.1, 0.15) is 0 Å². The number of para-hydroxylation sites is 1. The average Bonchev–Trinajstić information content (AvgIpc) is 3.04.